The second-order valence-electron chi connectivity index (χ2n) is 4.50. The number of nitrogens with one attached hydrogen (secondary N) is 1. The fourth-order valence-electron chi connectivity index (χ4n) is 1.97. The predicted octanol–water partition coefficient (Wildman–Crippen LogP) is 2.41. The van der Waals surface area contributed by atoms with E-state index in [-0.39, 0.29) is 17.9 Å². The van der Waals surface area contributed by atoms with E-state index in [2.05, 4.69) is 5.32 Å². The van der Waals surface area contributed by atoms with Gasteiger partial charge in [0.25, 0.3) is 0 Å². The highest BCUT2D eigenvalue weighted by Gasteiger charge is 2.31. The van der Waals surface area contributed by atoms with Crippen LogP contribution >= 0.6 is 11.6 Å². The van der Waals surface area contributed by atoms with E-state index in [1.54, 1.807) is 18.2 Å². The number of carbonyl (C=O) groups excluding carboxylic acids is 1. The van der Waals surface area contributed by atoms with Crippen molar-refractivity contribution in [2.24, 2.45) is 11.7 Å². The molecule has 2 rings (SSSR count). The van der Waals surface area contributed by atoms with Gasteiger partial charge in [-0.05, 0) is 38.0 Å². The molecular weight excluding hydrogens is 252 g/mol. The molecule has 1 aromatic carbocycles. The van der Waals surface area contributed by atoms with E-state index in [9.17, 15) is 4.79 Å². The molecule has 1 aliphatic rings. The van der Waals surface area contributed by atoms with Crippen molar-refractivity contribution in [1.82, 2.24) is 0 Å². The SMILES string of the molecule is CCOc1ccc(NC(=O)C2CC(N)C2)cc1Cl. The lowest BCUT2D eigenvalue weighted by molar-refractivity contribution is -0.122. The number of rotatable bonds is 4. The maximum atomic E-state index is 11.8. The standard InChI is InChI=1S/C13H17ClN2O2/c1-2-18-12-4-3-10(7-11(12)14)16-13(17)8-5-9(15)6-8/h3-4,7-9H,2,5-6,15H2,1H3,(H,16,17). The van der Waals surface area contributed by atoms with Crippen LogP contribution in [0.4, 0.5) is 5.69 Å². The summed E-state index contributed by atoms with van der Waals surface area (Å²) < 4.78 is 5.33. The smallest absolute Gasteiger partial charge is 0.227 e. The molecule has 1 aliphatic carbocycles. The summed E-state index contributed by atoms with van der Waals surface area (Å²) in [7, 11) is 0. The van der Waals surface area contributed by atoms with Gasteiger partial charge in [-0.2, -0.15) is 0 Å². The molecule has 0 aromatic heterocycles. The molecule has 1 aromatic rings. The Morgan fingerprint density at radius 1 is 1.56 bits per heavy atom. The molecule has 0 saturated heterocycles. The van der Waals surface area contributed by atoms with Crippen LogP contribution in [0.3, 0.4) is 0 Å². The Hall–Kier alpha value is -1.26. The number of amides is 1. The minimum absolute atomic E-state index is 0.0110. The van der Waals surface area contributed by atoms with Gasteiger partial charge in [0, 0.05) is 17.6 Å². The third-order valence-corrected chi connectivity index (χ3v) is 3.34. The fraction of sp³-hybridized carbons (Fsp3) is 0.462. The Balaban J connectivity index is 1.97. The first kappa shape index (κ1) is 13.2. The molecule has 1 saturated carbocycles. The second kappa shape index (κ2) is 5.59. The molecule has 0 atom stereocenters. The molecule has 1 amide bonds. The highest BCUT2D eigenvalue weighted by molar-refractivity contribution is 6.32. The molecule has 0 spiro atoms. The van der Waals surface area contributed by atoms with Crippen LogP contribution in [0.1, 0.15) is 19.8 Å². The number of halogens is 1. The van der Waals surface area contributed by atoms with E-state index in [1.807, 2.05) is 6.92 Å². The largest absolute Gasteiger partial charge is 0.492 e. The van der Waals surface area contributed by atoms with Crippen LogP contribution in [0.15, 0.2) is 18.2 Å². The zero-order valence-corrected chi connectivity index (χ0v) is 11.0. The topological polar surface area (TPSA) is 64.3 Å². The summed E-state index contributed by atoms with van der Waals surface area (Å²) in [5.41, 5.74) is 6.35. The lowest BCUT2D eigenvalue weighted by atomic mass is 9.80. The van der Waals surface area contributed by atoms with Crippen LogP contribution in [0.25, 0.3) is 0 Å². The fourth-order valence-corrected chi connectivity index (χ4v) is 2.21. The molecule has 3 N–H and O–H groups in total. The number of hydrogen-bond acceptors (Lipinski definition) is 3. The molecule has 0 aliphatic heterocycles. The number of hydrogen-bond donors (Lipinski definition) is 2. The van der Waals surface area contributed by atoms with Gasteiger partial charge in [-0.3, -0.25) is 4.79 Å². The average molecular weight is 269 g/mol. The monoisotopic (exact) mass is 268 g/mol. The zero-order chi connectivity index (χ0) is 13.1. The van der Waals surface area contributed by atoms with Crippen LogP contribution in [0.2, 0.25) is 5.02 Å². The van der Waals surface area contributed by atoms with E-state index < -0.39 is 0 Å². The molecule has 98 valence electrons. The summed E-state index contributed by atoms with van der Waals surface area (Å²) >= 11 is 6.05. The van der Waals surface area contributed by atoms with Gasteiger partial charge in [-0.1, -0.05) is 11.6 Å². The van der Waals surface area contributed by atoms with Crippen molar-refractivity contribution < 1.29 is 9.53 Å². The van der Waals surface area contributed by atoms with Crippen molar-refractivity contribution in [1.29, 1.82) is 0 Å². The normalized spacial score (nSPS) is 22.2. The summed E-state index contributed by atoms with van der Waals surface area (Å²) in [6.45, 7) is 2.46. The number of carbonyl (C=O) groups is 1. The van der Waals surface area contributed by atoms with Crippen molar-refractivity contribution in [2.45, 2.75) is 25.8 Å². The van der Waals surface area contributed by atoms with Gasteiger partial charge in [-0.15, -0.1) is 0 Å². The summed E-state index contributed by atoms with van der Waals surface area (Å²) in [5.74, 6) is 0.671. The highest BCUT2D eigenvalue weighted by Crippen LogP contribution is 2.30. The minimum atomic E-state index is 0.0110. The molecular formula is C13H17ClN2O2. The predicted molar refractivity (Wildman–Crippen MR) is 72.0 cm³/mol. The Bertz CT molecular complexity index is 445. The molecule has 0 unspecified atom stereocenters. The lowest BCUT2D eigenvalue weighted by Crippen LogP contribution is -2.42. The molecule has 0 heterocycles. The summed E-state index contributed by atoms with van der Waals surface area (Å²) in [6, 6.07) is 5.41. The quantitative estimate of drug-likeness (QED) is 0.881. The van der Waals surface area contributed by atoms with Crippen molar-refractivity contribution >= 4 is 23.2 Å². The maximum Gasteiger partial charge on any atom is 0.227 e. The van der Waals surface area contributed by atoms with Gasteiger partial charge in [-0.25, -0.2) is 0 Å². The van der Waals surface area contributed by atoms with Crippen LogP contribution in [0.5, 0.6) is 5.75 Å². The van der Waals surface area contributed by atoms with Gasteiger partial charge in [0.15, 0.2) is 0 Å². The van der Waals surface area contributed by atoms with E-state index in [4.69, 9.17) is 22.1 Å². The third kappa shape index (κ3) is 2.94. The van der Waals surface area contributed by atoms with Crippen LogP contribution in [-0.4, -0.2) is 18.6 Å². The Kier molecular flexibility index (Phi) is 4.09. The van der Waals surface area contributed by atoms with Crippen molar-refractivity contribution in [3.05, 3.63) is 23.2 Å². The highest BCUT2D eigenvalue weighted by atomic mass is 35.5. The van der Waals surface area contributed by atoms with Crippen LogP contribution in [0, 0.1) is 5.92 Å². The zero-order valence-electron chi connectivity index (χ0n) is 10.3. The van der Waals surface area contributed by atoms with E-state index >= 15 is 0 Å². The molecule has 18 heavy (non-hydrogen) atoms. The van der Waals surface area contributed by atoms with Gasteiger partial charge in [0.05, 0.1) is 11.6 Å². The number of nitrogens with two attached hydrogens (primary N) is 1. The molecule has 4 nitrogen and oxygen atoms in total. The Morgan fingerprint density at radius 3 is 2.83 bits per heavy atom. The average Bonchev–Trinajstić information content (AvgIpc) is 2.28. The van der Waals surface area contributed by atoms with E-state index in [1.165, 1.54) is 0 Å². The lowest BCUT2D eigenvalue weighted by Gasteiger charge is -2.31. The first-order chi connectivity index (χ1) is 8.60. The third-order valence-electron chi connectivity index (χ3n) is 3.04. The Morgan fingerprint density at radius 2 is 2.28 bits per heavy atom. The van der Waals surface area contributed by atoms with Crippen LogP contribution in [-0.2, 0) is 4.79 Å². The van der Waals surface area contributed by atoms with Crippen molar-refractivity contribution in [3.8, 4) is 5.75 Å². The van der Waals surface area contributed by atoms with Crippen molar-refractivity contribution in [3.63, 3.8) is 0 Å². The maximum absolute atomic E-state index is 11.8. The van der Waals surface area contributed by atoms with E-state index in [0.717, 1.165) is 12.8 Å². The second-order valence-corrected chi connectivity index (χ2v) is 4.90. The van der Waals surface area contributed by atoms with Gasteiger partial charge in [0.1, 0.15) is 5.75 Å². The van der Waals surface area contributed by atoms with Crippen LogP contribution < -0.4 is 15.8 Å². The molecule has 1 fully saturated rings. The molecule has 0 radical (unpaired) electrons. The summed E-state index contributed by atoms with van der Waals surface area (Å²) in [4.78, 5) is 11.8. The molecule has 5 heteroatoms. The summed E-state index contributed by atoms with van der Waals surface area (Å²) in [5, 5.41) is 3.34. The number of ether oxygens (including phenoxy) is 1. The Labute approximate surface area is 111 Å². The first-order valence-corrected chi connectivity index (χ1v) is 6.46. The number of benzene rings is 1. The first-order valence-electron chi connectivity index (χ1n) is 6.09. The van der Waals surface area contributed by atoms with E-state index in [0.29, 0.717) is 23.1 Å². The minimum Gasteiger partial charge on any atom is -0.492 e. The van der Waals surface area contributed by atoms with Gasteiger partial charge < -0.3 is 15.8 Å². The number of anilines is 1. The molecule has 0 bridgehead atoms. The van der Waals surface area contributed by atoms with Crippen molar-refractivity contribution in [2.75, 3.05) is 11.9 Å². The summed E-state index contributed by atoms with van der Waals surface area (Å²) in [6.07, 6.45) is 1.52. The van der Waals surface area contributed by atoms with Gasteiger partial charge >= 0.3 is 0 Å². The van der Waals surface area contributed by atoms with Gasteiger partial charge in [0.2, 0.25) is 5.91 Å².